The predicted molar refractivity (Wildman–Crippen MR) is 77.7 cm³/mol. The maximum atomic E-state index is 12.1. The fraction of sp³-hybridized carbons (Fsp3) is 0.714. The predicted octanol–water partition coefficient (Wildman–Crippen LogP) is 1.14. The second-order valence-corrected chi connectivity index (χ2v) is 5.55. The molecule has 0 aromatic carbocycles. The molecule has 0 aliphatic heterocycles. The Kier molecular flexibility index (Phi) is 6.01. The number of hydrogen-bond acceptors (Lipinski definition) is 3. The van der Waals surface area contributed by atoms with Crippen LogP contribution in [0.1, 0.15) is 25.7 Å². The van der Waals surface area contributed by atoms with Crippen molar-refractivity contribution in [3.8, 4) is 0 Å². The molecular weight excluding hydrogens is 258 g/mol. The van der Waals surface area contributed by atoms with Crippen LogP contribution in [0.4, 0.5) is 4.79 Å². The van der Waals surface area contributed by atoms with E-state index in [0.717, 1.165) is 12.8 Å². The molecule has 6 heteroatoms. The summed E-state index contributed by atoms with van der Waals surface area (Å²) >= 11 is 0. The molecule has 0 atom stereocenters. The van der Waals surface area contributed by atoms with Gasteiger partial charge in [0.2, 0.25) is 0 Å². The third-order valence-electron chi connectivity index (χ3n) is 4.01. The van der Waals surface area contributed by atoms with Gasteiger partial charge in [-0.3, -0.25) is 4.79 Å². The van der Waals surface area contributed by atoms with Crippen LogP contribution in [0.25, 0.3) is 0 Å². The molecule has 0 saturated heterocycles. The highest BCUT2D eigenvalue weighted by Crippen LogP contribution is 2.33. The van der Waals surface area contributed by atoms with Crippen molar-refractivity contribution in [2.45, 2.75) is 31.2 Å². The highest BCUT2D eigenvalue weighted by Gasteiger charge is 2.36. The van der Waals surface area contributed by atoms with E-state index in [-0.39, 0.29) is 24.7 Å². The molecule has 6 nitrogen and oxygen atoms in total. The summed E-state index contributed by atoms with van der Waals surface area (Å²) in [5.41, 5.74) is -0.00126. The van der Waals surface area contributed by atoms with E-state index in [2.05, 4.69) is 16.8 Å². The van der Waals surface area contributed by atoms with Gasteiger partial charge in [-0.25, -0.2) is 4.79 Å². The van der Waals surface area contributed by atoms with Gasteiger partial charge in [-0.15, -0.1) is 6.58 Å². The zero-order valence-corrected chi connectivity index (χ0v) is 12.4. The van der Waals surface area contributed by atoms with Gasteiger partial charge >= 0.3 is 12.0 Å². The SMILES string of the molecule is C=CCN(CC(=O)O)C(=O)NCC1(N(C)C)CCCC1. The van der Waals surface area contributed by atoms with E-state index in [0.29, 0.717) is 6.54 Å². The molecule has 0 aromatic rings. The van der Waals surface area contributed by atoms with Crippen molar-refractivity contribution in [1.29, 1.82) is 0 Å². The van der Waals surface area contributed by atoms with E-state index < -0.39 is 5.97 Å². The van der Waals surface area contributed by atoms with Crippen LogP contribution in [-0.4, -0.2) is 66.2 Å². The number of carbonyl (C=O) groups excluding carboxylic acids is 1. The smallest absolute Gasteiger partial charge is 0.323 e. The van der Waals surface area contributed by atoms with Crippen LogP contribution in [-0.2, 0) is 4.79 Å². The maximum Gasteiger partial charge on any atom is 0.323 e. The average molecular weight is 283 g/mol. The number of nitrogens with zero attached hydrogens (tertiary/aromatic N) is 2. The molecule has 0 radical (unpaired) electrons. The van der Waals surface area contributed by atoms with E-state index in [1.807, 2.05) is 14.1 Å². The molecule has 0 aromatic heterocycles. The lowest BCUT2D eigenvalue weighted by Crippen LogP contribution is -2.53. The second kappa shape index (κ2) is 7.28. The van der Waals surface area contributed by atoms with Crippen molar-refractivity contribution < 1.29 is 14.7 Å². The standard InChI is InChI=1S/C14H25N3O3/c1-4-9-17(10-12(18)19)13(20)15-11-14(16(2)3)7-5-6-8-14/h4H,1,5-11H2,2-3H3,(H,15,20)(H,18,19). The van der Waals surface area contributed by atoms with Crippen LogP contribution in [0.3, 0.4) is 0 Å². The lowest BCUT2D eigenvalue weighted by Gasteiger charge is -2.37. The van der Waals surface area contributed by atoms with Crippen molar-refractivity contribution in [3.05, 3.63) is 12.7 Å². The quantitative estimate of drug-likeness (QED) is 0.687. The van der Waals surface area contributed by atoms with Crippen LogP contribution in [0, 0.1) is 0 Å². The Hall–Kier alpha value is -1.56. The van der Waals surface area contributed by atoms with Crippen LogP contribution in [0.15, 0.2) is 12.7 Å². The Morgan fingerprint density at radius 1 is 1.35 bits per heavy atom. The molecule has 0 spiro atoms. The molecule has 2 N–H and O–H groups in total. The Labute approximate surface area is 120 Å². The minimum atomic E-state index is -1.02. The van der Waals surface area contributed by atoms with E-state index in [1.54, 1.807) is 0 Å². The summed E-state index contributed by atoms with van der Waals surface area (Å²) in [5, 5.41) is 11.7. The Morgan fingerprint density at radius 3 is 2.40 bits per heavy atom. The Bertz CT molecular complexity index is 363. The van der Waals surface area contributed by atoms with Gasteiger partial charge in [-0.05, 0) is 26.9 Å². The first-order valence-electron chi connectivity index (χ1n) is 6.94. The zero-order chi connectivity index (χ0) is 15.2. The lowest BCUT2D eigenvalue weighted by molar-refractivity contribution is -0.137. The number of aliphatic carboxylic acids is 1. The van der Waals surface area contributed by atoms with Gasteiger partial charge in [-0.1, -0.05) is 18.9 Å². The monoisotopic (exact) mass is 283 g/mol. The van der Waals surface area contributed by atoms with Crippen LogP contribution in [0.2, 0.25) is 0 Å². The highest BCUT2D eigenvalue weighted by atomic mass is 16.4. The van der Waals surface area contributed by atoms with Gasteiger partial charge in [0.05, 0.1) is 0 Å². The van der Waals surface area contributed by atoms with Crippen molar-refractivity contribution in [2.24, 2.45) is 0 Å². The summed E-state index contributed by atoms with van der Waals surface area (Å²) in [5.74, 6) is -1.02. The number of urea groups is 1. The van der Waals surface area contributed by atoms with E-state index in [4.69, 9.17) is 5.11 Å². The number of nitrogens with one attached hydrogen (secondary N) is 1. The van der Waals surface area contributed by atoms with E-state index in [9.17, 15) is 9.59 Å². The fourth-order valence-electron chi connectivity index (χ4n) is 2.71. The Morgan fingerprint density at radius 2 is 1.95 bits per heavy atom. The summed E-state index contributed by atoms with van der Waals surface area (Å²) in [7, 11) is 4.05. The number of likely N-dealkylation sites (N-methyl/N-ethyl adjacent to an activating group) is 1. The number of rotatable bonds is 7. The molecule has 1 fully saturated rings. The van der Waals surface area contributed by atoms with Crippen molar-refractivity contribution in [1.82, 2.24) is 15.1 Å². The van der Waals surface area contributed by atoms with Crippen LogP contribution < -0.4 is 5.32 Å². The van der Waals surface area contributed by atoms with Gasteiger partial charge < -0.3 is 20.2 Å². The normalized spacial score (nSPS) is 16.9. The molecule has 0 heterocycles. The van der Waals surface area contributed by atoms with Gasteiger partial charge in [-0.2, -0.15) is 0 Å². The molecule has 1 aliphatic rings. The topological polar surface area (TPSA) is 72.9 Å². The second-order valence-electron chi connectivity index (χ2n) is 5.55. The first-order valence-corrected chi connectivity index (χ1v) is 6.94. The minimum Gasteiger partial charge on any atom is -0.480 e. The average Bonchev–Trinajstić information content (AvgIpc) is 2.85. The Balaban J connectivity index is 2.59. The minimum absolute atomic E-state index is 0.00126. The number of amides is 2. The largest absolute Gasteiger partial charge is 0.480 e. The summed E-state index contributed by atoms with van der Waals surface area (Å²) < 4.78 is 0. The molecular formula is C14H25N3O3. The third kappa shape index (κ3) is 4.23. The molecule has 114 valence electrons. The maximum absolute atomic E-state index is 12.1. The van der Waals surface area contributed by atoms with Gasteiger partial charge in [0, 0.05) is 18.6 Å². The number of hydrogen-bond donors (Lipinski definition) is 2. The van der Waals surface area contributed by atoms with Gasteiger partial charge in [0.15, 0.2) is 0 Å². The molecule has 1 aliphatic carbocycles. The molecule has 2 amide bonds. The lowest BCUT2D eigenvalue weighted by atomic mass is 9.96. The molecule has 0 bridgehead atoms. The highest BCUT2D eigenvalue weighted by molar-refractivity contribution is 5.80. The first kappa shape index (κ1) is 16.5. The fourth-order valence-corrected chi connectivity index (χ4v) is 2.71. The first-order chi connectivity index (χ1) is 9.41. The molecule has 20 heavy (non-hydrogen) atoms. The van der Waals surface area contributed by atoms with Crippen molar-refractivity contribution in [3.63, 3.8) is 0 Å². The van der Waals surface area contributed by atoms with Gasteiger partial charge in [0.1, 0.15) is 6.54 Å². The summed E-state index contributed by atoms with van der Waals surface area (Å²) in [6, 6.07) is -0.347. The van der Waals surface area contributed by atoms with E-state index >= 15 is 0 Å². The number of carboxylic acids is 1. The van der Waals surface area contributed by atoms with Crippen molar-refractivity contribution >= 4 is 12.0 Å². The number of carbonyl (C=O) groups is 2. The van der Waals surface area contributed by atoms with Crippen LogP contribution in [0.5, 0.6) is 0 Å². The molecule has 1 saturated carbocycles. The summed E-state index contributed by atoms with van der Waals surface area (Å²) in [4.78, 5) is 26.2. The molecule has 1 rings (SSSR count). The zero-order valence-electron chi connectivity index (χ0n) is 12.4. The van der Waals surface area contributed by atoms with Gasteiger partial charge in [0.25, 0.3) is 0 Å². The molecule has 0 unspecified atom stereocenters. The van der Waals surface area contributed by atoms with Crippen LogP contribution >= 0.6 is 0 Å². The van der Waals surface area contributed by atoms with E-state index in [1.165, 1.54) is 23.8 Å². The third-order valence-corrected chi connectivity index (χ3v) is 4.01. The number of carboxylic acid groups (broad SMARTS) is 1. The summed E-state index contributed by atoms with van der Waals surface area (Å²) in [6.07, 6.45) is 5.97. The van der Waals surface area contributed by atoms with Crippen molar-refractivity contribution in [2.75, 3.05) is 33.7 Å². The summed E-state index contributed by atoms with van der Waals surface area (Å²) in [6.45, 7) is 4.01.